The van der Waals surface area contributed by atoms with E-state index in [1.165, 1.54) is 30.2 Å². The monoisotopic (exact) mass is 357 g/mol. The minimum atomic E-state index is 0.130. The van der Waals surface area contributed by atoms with Crippen molar-refractivity contribution >= 4 is 23.4 Å². The summed E-state index contributed by atoms with van der Waals surface area (Å²) in [5.41, 5.74) is 2.32. The second-order valence-corrected chi connectivity index (χ2v) is 7.86. The van der Waals surface area contributed by atoms with Gasteiger partial charge < -0.3 is 4.90 Å². The van der Waals surface area contributed by atoms with Crippen molar-refractivity contribution in [3.05, 3.63) is 29.8 Å². The highest BCUT2D eigenvalue weighted by molar-refractivity contribution is 7.99. The molecule has 1 aromatic heterocycles. The second kappa shape index (κ2) is 7.15. The Labute approximate surface area is 152 Å². The number of hydrogen-bond acceptors (Lipinski definition) is 5. The molecule has 4 rings (SSSR count). The molecule has 25 heavy (non-hydrogen) atoms. The van der Waals surface area contributed by atoms with Gasteiger partial charge in [-0.3, -0.25) is 4.79 Å². The molecule has 1 saturated carbocycles. The lowest BCUT2D eigenvalue weighted by atomic mass is 9.97. The second-order valence-electron chi connectivity index (χ2n) is 6.91. The van der Waals surface area contributed by atoms with Crippen molar-refractivity contribution in [2.45, 2.75) is 62.7 Å². The smallest absolute Gasteiger partial charge is 0.237 e. The molecule has 2 aromatic rings. The Morgan fingerprint density at radius 3 is 2.88 bits per heavy atom. The summed E-state index contributed by atoms with van der Waals surface area (Å²) in [6.45, 7) is 2.13. The lowest BCUT2D eigenvalue weighted by Gasteiger charge is -2.35. The highest BCUT2D eigenvalue weighted by Gasteiger charge is 2.29. The molecule has 1 atom stereocenters. The first-order chi connectivity index (χ1) is 12.2. The number of tetrazole rings is 1. The van der Waals surface area contributed by atoms with Crippen LogP contribution < -0.4 is 4.90 Å². The molecule has 1 unspecified atom stereocenters. The number of amides is 1. The molecule has 1 aliphatic carbocycles. The van der Waals surface area contributed by atoms with Crippen molar-refractivity contribution in [2.24, 2.45) is 0 Å². The summed E-state index contributed by atoms with van der Waals surface area (Å²) in [5.74, 6) is 0.497. The van der Waals surface area contributed by atoms with E-state index in [2.05, 4.69) is 34.6 Å². The largest absolute Gasteiger partial charge is 0.309 e. The van der Waals surface area contributed by atoms with Gasteiger partial charge in [-0.15, -0.1) is 5.10 Å². The molecule has 1 aliphatic heterocycles. The van der Waals surface area contributed by atoms with Crippen LogP contribution in [-0.4, -0.2) is 37.9 Å². The number of rotatable bonds is 4. The van der Waals surface area contributed by atoms with Crippen LogP contribution >= 0.6 is 11.8 Å². The Morgan fingerprint density at radius 1 is 1.24 bits per heavy atom. The predicted octanol–water partition coefficient (Wildman–Crippen LogP) is 3.25. The number of aromatic nitrogens is 4. The number of carbonyl (C=O) groups is 1. The van der Waals surface area contributed by atoms with Crippen molar-refractivity contribution in [2.75, 3.05) is 10.7 Å². The van der Waals surface area contributed by atoms with Crippen LogP contribution in [0.2, 0.25) is 0 Å². The van der Waals surface area contributed by atoms with Crippen LogP contribution in [0.25, 0.3) is 0 Å². The van der Waals surface area contributed by atoms with Gasteiger partial charge in [0.05, 0.1) is 11.8 Å². The summed E-state index contributed by atoms with van der Waals surface area (Å²) in [6, 6.07) is 8.84. The Kier molecular flexibility index (Phi) is 4.74. The van der Waals surface area contributed by atoms with Crippen LogP contribution in [0.4, 0.5) is 5.69 Å². The number of anilines is 1. The van der Waals surface area contributed by atoms with Gasteiger partial charge in [0.1, 0.15) is 0 Å². The molecule has 0 saturated heterocycles. The first kappa shape index (κ1) is 16.6. The fourth-order valence-corrected chi connectivity index (χ4v) is 4.73. The van der Waals surface area contributed by atoms with Crippen LogP contribution in [-0.2, 0) is 11.2 Å². The van der Waals surface area contributed by atoms with Crippen LogP contribution in [0, 0.1) is 0 Å². The Bertz CT molecular complexity index is 755. The van der Waals surface area contributed by atoms with Crippen LogP contribution in [0.5, 0.6) is 0 Å². The first-order valence-corrected chi connectivity index (χ1v) is 10.0. The van der Waals surface area contributed by atoms with Crippen molar-refractivity contribution in [1.29, 1.82) is 0 Å². The van der Waals surface area contributed by atoms with Crippen molar-refractivity contribution in [3.63, 3.8) is 0 Å². The molecule has 6 nitrogen and oxygen atoms in total. The molecule has 2 aliphatic rings. The summed E-state index contributed by atoms with van der Waals surface area (Å²) in [6.07, 6.45) is 6.76. The molecule has 0 bridgehead atoms. The van der Waals surface area contributed by atoms with E-state index >= 15 is 0 Å². The lowest BCUT2D eigenvalue weighted by Crippen LogP contribution is -2.43. The average Bonchev–Trinajstić information content (AvgIpc) is 3.30. The number of benzene rings is 1. The zero-order valence-corrected chi connectivity index (χ0v) is 15.3. The van der Waals surface area contributed by atoms with Gasteiger partial charge in [-0.25, -0.2) is 4.68 Å². The quantitative estimate of drug-likeness (QED) is 0.786. The van der Waals surface area contributed by atoms with Crippen molar-refractivity contribution in [1.82, 2.24) is 20.2 Å². The first-order valence-electron chi connectivity index (χ1n) is 9.04. The van der Waals surface area contributed by atoms with E-state index in [4.69, 9.17) is 0 Å². The van der Waals surface area contributed by atoms with E-state index in [0.717, 1.165) is 36.5 Å². The topological polar surface area (TPSA) is 63.9 Å². The van der Waals surface area contributed by atoms with Gasteiger partial charge in [-0.05, 0) is 54.7 Å². The molecule has 0 radical (unpaired) electrons. The van der Waals surface area contributed by atoms with Gasteiger partial charge in [-0.2, -0.15) is 0 Å². The minimum Gasteiger partial charge on any atom is -0.309 e. The molecule has 1 aromatic carbocycles. The molecular formula is C18H23N5OS. The zero-order valence-electron chi connectivity index (χ0n) is 14.5. The number of hydrogen-bond donors (Lipinski definition) is 0. The fourth-order valence-electron chi connectivity index (χ4n) is 3.92. The molecule has 1 amide bonds. The van der Waals surface area contributed by atoms with Gasteiger partial charge in [-0.1, -0.05) is 42.8 Å². The number of thioether (sulfide) groups is 1. The van der Waals surface area contributed by atoms with E-state index in [1.807, 2.05) is 21.7 Å². The molecule has 0 N–H and O–H groups in total. The van der Waals surface area contributed by atoms with Gasteiger partial charge in [0.15, 0.2) is 0 Å². The summed E-state index contributed by atoms with van der Waals surface area (Å²) in [5, 5.41) is 12.9. The highest BCUT2D eigenvalue weighted by atomic mass is 32.2. The summed E-state index contributed by atoms with van der Waals surface area (Å²) >= 11 is 1.45. The SMILES string of the molecule is CC1CCc2ccccc2N1C(=O)CSc1nnnn1C1CCCC1. The summed E-state index contributed by atoms with van der Waals surface area (Å²) in [7, 11) is 0. The normalized spacial score (nSPS) is 20.7. The van der Waals surface area contributed by atoms with Gasteiger partial charge in [0, 0.05) is 11.7 Å². The van der Waals surface area contributed by atoms with Gasteiger partial charge in [0.2, 0.25) is 11.1 Å². The fraction of sp³-hybridized carbons (Fsp3) is 0.556. The van der Waals surface area contributed by atoms with Crippen molar-refractivity contribution < 1.29 is 4.79 Å². The van der Waals surface area contributed by atoms with E-state index in [9.17, 15) is 4.79 Å². The number of carbonyl (C=O) groups excluding carboxylic acids is 1. The number of para-hydroxylation sites is 1. The van der Waals surface area contributed by atoms with Crippen LogP contribution in [0.15, 0.2) is 29.4 Å². The number of fused-ring (bicyclic) bond motifs is 1. The van der Waals surface area contributed by atoms with E-state index in [1.54, 1.807) is 0 Å². The van der Waals surface area contributed by atoms with E-state index in [0.29, 0.717) is 11.8 Å². The Hall–Kier alpha value is -1.89. The molecule has 132 valence electrons. The molecule has 0 spiro atoms. The number of nitrogens with zero attached hydrogens (tertiary/aromatic N) is 5. The number of aryl methyl sites for hydroxylation is 1. The minimum absolute atomic E-state index is 0.130. The third-order valence-corrected chi connectivity index (χ3v) is 6.17. The maximum atomic E-state index is 12.9. The Balaban J connectivity index is 1.47. The van der Waals surface area contributed by atoms with Crippen LogP contribution in [0.3, 0.4) is 0 Å². The standard InChI is InChI=1S/C18H23N5OS/c1-13-10-11-14-6-2-5-9-16(14)22(13)17(24)12-25-18-19-20-21-23(18)15-7-3-4-8-15/h2,5-6,9,13,15H,3-4,7-8,10-12H2,1H3. The third kappa shape index (κ3) is 3.29. The molecule has 2 heterocycles. The van der Waals surface area contributed by atoms with Gasteiger partial charge in [0.25, 0.3) is 0 Å². The molecular weight excluding hydrogens is 334 g/mol. The highest BCUT2D eigenvalue weighted by Crippen LogP contribution is 2.33. The lowest BCUT2D eigenvalue weighted by molar-refractivity contribution is -0.116. The van der Waals surface area contributed by atoms with Crippen molar-refractivity contribution in [3.8, 4) is 0 Å². The summed E-state index contributed by atoms with van der Waals surface area (Å²) < 4.78 is 1.92. The Morgan fingerprint density at radius 2 is 2.04 bits per heavy atom. The average molecular weight is 357 g/mol. The predicted molar refractivity (Wildman–Crippen MR) is 97.8 cm³/mol. The molecule has 7 heteroatoms. The summed E-state index contributed by atoms with van der Waals surface area (Å²) in [4.78, 5) is 14.9. The van der Waals surface area contributed by atoms with E-state index in [-0.39, 0.29) is 11.9 Å². The van der Waals surface area contributed by atoms with Crippen LogP contribution in [0.1, 0.15) is 50.6 Å². The molecule has 1 fully saturated rings. The maximum Gasteiger partial charge on any atom is 0.237 e. The van der Waals surface area contributed by atoms with E-state index < -0.39 is 0 Å². The third-order valence-electron chi connectivity index (χ3n) is 5.25. The van der Waals surface area contributed by atoms with Gasteiger partial charge >= 0.3 is 0 Å². The maximum absolute atomic E-state index is 12.9. The zero-order chi connectivity index (χ0) is 17.2.